The lowest BCUT2D eigenvalue weighted by molar-refractivity contribution is -0.385. The Morgan fingerprint density at radius 1 is 1.50 bits per heavy atom. The summed E-state index contributed by atoms with van der Waals surface area (Å²) in [5.41, 5.74) is 0.991. The van der Waals surface area contributed by atoms with Crippen molar-refractivity contribution in [2.75, 3.05) is 11.6 Å². The minimum atomic E-state index is -0.568. The summed E-state index contributed by atoms with van der Waals surface area (Å²) in [7, 11) is 0. The summed E-state index contributed by atoms with van der Waals surface area (Å²) in [5.74, 6) is -0.530. The van der Waals surface area contributed by atoms with Crippen LogP contribution in [-0.2, 0) is 0 Å². The smallest absolute Gasteiger partial charge is 0.282 e. The molecule has 1 amide bonds. The van der Waals surface area contributed by atoms with E-state index in [0.717, 1.165) is 4.90 Å². The maximum atomic E-state index is 12.2. The molecule has 1 aromatic heterocycles. The number of aromatic amines is 1. The lowest BCUT2D eigenvalue weighted by Crippen LogP contribution is -2.14. The molecule has 0 spiro atoms. The summed E-state index contributed by atoms with van der Waals surface area (Å²) in [5, 5.41) is 20.1. The van der Waals surface area contributed by atoms with Gasteiger partial charge in [-0.25, -0.2) is 0 Å². The average molecular weight is 292 g/mol. The Morgan fingerprint density at radius 2 is 2.25 bits per heavy atom. The number of carbonyl (C=O) groups is 1. The SMILES string of the molecule is CSc1ccc([N+](=O)[O-])c(C(=O)Nc2cn[nH]c2C)c1. The third-order valence-corrected chi connectivity index (χ3v) is 3.45. The Morgan fingerprint density at radius 3 is 2.80 bits per heavy atom. The van der Waals surface area contributed by atoms with Crippen molar-refractivity contribution in [3.63, 3.8) is 0 Å². The van der Waals surface area contributed by atoms with Gasteiger partial charge in [0.15, 0.2) is 0 Å². The van der Waals surface area contributed by atoms with E-state index < -0.39 is 10.8 Å². The van der Waals surface area contributed by atoms with E-state index in [1.54, 1.807) is 13.0 Å². The molecule has 0 bridgehead atoms. The van der Waals surface area contributed by atoms with Crippen LogP contribution in [0.25, 0.3) is 0 Å². The fourth-order valence-electron chi connectivity index (χ4n) is 1.65. The number of aryl methyl sites for hydroxylation is 1. The van der Waals surface area contributed by atoms with Gasteiger partial charge in [0, 0.05) is 11.0 Å². The number of carbonyl (C=O) groups excluding carboxylic acids is 1. The van der Waals surface area contributed by atoms with E-state index >= 15 is 0 Å². The van der Waals surface area contributed by atoms with E-state index in [-0.39, 0.29) is 11.3 Å². The Bertz CT molecular complexity index is 668. The number of nitro groups is 1. The molecule has 0 saturated carbocycles. The quantitative estimate of drug-likeness (QED) is 0.512. The highest BCUT2D eigenvalue weighted by atomic mass is 32.2. The van der Waals surface area contributed by atoms with Crippen LogP contribution in [0.5, 0.6) is 0 Å². The minimum absolute atomic E-state index is 0.0300. The number of nitrogens with one attached hydrogen (secondary N) is 2. The maximum absolute atomic E-state index is 12.2. The highest BCUT2D eigenvalue weighted by Gasteiger charge is 2.21. The van der Waals surface area contributed by atoms with Crippen LogP contribution in [0.3, 0.4) is 0 Å². The van der Waals surface area contributed by atoms with Crippen molar-refractivity contribution in [2.45, 2.75) is 11.8 Å². The molecule has 2 N–H and O–H groups in total. The number of benzene rings is 1. The Kier molecular flexibility index (Phi) is 4.04. The van der Waals surface area contributed by atoms with Crippen LogP contribution >= 0.6 is 11.8 Å². The standard InChI is InChI=1S/C12H12N4O3S/c1-7-10(6-13-15-7)14-12(17)9-5-8(20-2)3-4-11(9)16(18)19/h3-6H,1-2H3,(H,13,15)(H,14,17). The fourth-order valence-corrected chi connectivity index (χ4v) is 2.09. The molecule has 0 atom stereocenters. The molecule has 0 aliphatic carbocycles. The summed E-state index contributed by atoms with van der Waals surface area (Å²) in [6, 6.07) is 4.46. The van der Waals surface area contributed by atoms with Crippen molar-refractivity contribution in [3.05, 3.63) is 45.8 Å². The van der Waals surface area contributed by atoms with E-state index in [4.69, 9.17) is 0 Å². The molecule has 2 aromatic rings. The number of hydrogen-bond acceptors (Lipinski definition) is 5. The zero-order valence-corrected chi connectivity index (χ0v) is 11.7. The van der Waals surface area contributed by atoms with Gasteiger partial charge in [-0.1, -0.05) is 0 Å². The zero-order chi connectivity index (χ0) is 14.7. The molecular weight excluding hydrogens is 280 g/mol. The first-order valence-electron chi connectivity index (χ1n) is 5.66. The van der Waals surface area contributed by atoms with Crippen LogP contribution in [0.15, 0.2) is 29.3 Å². The van der Waals surface area contributed by atoms with Crippen molar-refractivity contribution in [3.8, 4) is 0 Å². The van der Waals surface area contributed by atoms with E-state index in [0.29, 0.717) is 11.4 Å². The van der Waals surface area contributed by atoms with Crippen molar-refractivity contribution in [1.82, 2.24) is 10.2 Å². The van der Waals surface area contributed by atoms with E-state index in [9.17, 15) is 14.9 Å². The topological polar surface area (TPSA) is 101 Å². The summed E-state index contributed by atoms with van der Waals surface area (Å²) >= 11 is 1.41. The molecule has 1 heterocycles. The molecule has 20 heavy (non-hydrogen) atoms. The number of hydrogen-bond donors (Lipinski definition) is 2. The molecule has 2 rings (SSSR count). The first kappa shape index (κ1) is 14.1. The highest BCUT2D eigenvalue weighted by Crippen LogP contribution is 2.25. The first-order chi connectivity index (χ1) is 9.52. The van der Waals surface area contributed by atoms with Gasteiger partial charge < -0.3 is 5.32 Å². The number of H-pyrrole nitrogens is 1. The summed E-state index contributed by atoms with van der Waals surface area (Å²) in [6.07, 6.45) is 3.29. The number of nitro benzene ring substituents is 1. The van der Waals surface area contributed by atoms with Gasteiger partial charge in [0.25, 0.3) is 11.6 Å². The van der Waals surface area contributed by atoms with Gasteiger partial charge in [0.2, 0.25) is 0 Å². The molecule has 0 aliphatic heterocycles. The van der Waals surface area contributed by atoms with Crippen LogP contribution in [0.2, 0.25) is 0 Å². The molecule has 0 unspecified atom stereocenters. The third-order valence-electron chi connectivity index (χ3n) is 2.72. The van der Waals surface area contributed by atoms with Gasteiger partial charge in [0.1, 0.15) is 5.56 Å². The van der Waals surface area contributed by atoms with E-state index in [1.165, 1.54) is 30.1 Å². The van der Waals surface area contributed by atoms with Crippen LogP contribution in [-0.4, -0.2) is 27.3 Å². The molecule has 7 nitrogen and oxygen atoms in total. The number of anilines is 1. The Balaban J connectivity index is 2.37. The van der Waals surface area contributed by atoms with Gasteiger partial charge in [-0.3, -0.25) is 20.0 Å². The normalized spacial score (nSPS) is 10.3. The van der Waals surface area contributed by atoms with Crippen molar-refractivity contribution < 1.29 is 9.72 Å². The number of nitrogens with zero attached hydrogens (tertiary/aromatic N) is 2. The lowest BCUT2D eigenvalue weighted by Gasteiger charge is -2.06. The average Bonchev–Trinajstić information content (AvgIpc) is 2.83. The summed E-state index contributed by atoms with van der Waals surface area (Å²) < 4.78 is 0. The fraction of sp³-hybridized carbons (Fsp3) is 0.167. The van der Waals surface area contributed by atoms with Crippen LogP contribution in [0.4, 0.5) is 11.4 Å². The third kappa shape index (κ3) is 2.80. The predicted octanol–water partition coefficient (Wildman–Crippen LogP) is 2.60. The van der Waals surface area contributed by atoms with Gasteiger partial charge in [-0.15, -0.1) is 11.8 Å². The van der Waals surface area contributed by atoms with Crippen molar-refractivity contribution >= 4 is 29.0 Å². The molecule has 1 aromatic carbocycles. The van der Waals surface area contributed by atoms with Gasteiger partial charge in [0.05, 0.1) is 22.5 Å². The largest absolute Gasteiger partial charge is 0.319 e. The molecule has 0 aliphatic rings. The first-order valence-corrected chi connectivity index (χ1v) is 6.89. The second kappa shape index (κ2) is 5.74. The van der Waals surface area contributed by atoms with Crippen LogP contribution in [0.1, 0.15) is 16.1 Å². The second-order valence-corrected chi connectivity index (χ2v) is 4.88. The lowest BCUT2D eigenvalue weighted by atomic mass is 10.1. The van der Waals surface area contributed by atoms with Gasteiger partial charge >= 0.3 is 0 Å². The van der Waals surface area contributed by atoms with E-state index in [1.807, 2.05) is 6.26 Å². The number of aromatic nitrogens is 2. The van der Waals surface area contributed by atoms with Gasteiger partial charge in [-0.2, -0.15) is 5.10 Å². The van der Waals surface area contributed by atoms with Crippen LogP contribution in [0, 0.1) is 17.0 Å². The van der Waals surface area contributed by atoms with Gasteiger partial charge in [-0.05, 0) is 25.3 Å². The zero-order valence-electron chi connectivity index (χ0n) is 10.8. The van der Waals surface area contributed by atoms with E-state index in [2.05, 4.69) is 15.5 Å². The number of thioether (sulfide) groups is 1. The Labute approximate surface area is 118 Å². The molecular formula is C12H12N4O3S. The van der Waals surface area contributed by atoms with Crippen LogP contribution < -0.4 is 5.32 Å². The predicted molar refractivity (Wildman–Crippen MR) is 76.2 cm³/mol. The molecule has 104 valence electrons. The van der Waals surface area contributed by atoms with Crippen molar-refractivity contribution in [2.24, 2.45) is 0 Å². The number of rotatable bonds is 4. The number of amides is 1. The summed E-state index contributed by atoms with van der Waals surface area (Å²) in [6.45, 7) is 1.75. The van der Waals surface area contributed by atoms with Crippen molar-refractivity contribution in [1.29, 1.82) is 0 Å². The molecule has 0 fully saturated rings. The highest BCUT2D eigenvalue weighted by molar-refractivity contribution is 7.98. The molecule has 0 radical (unpaired) electrons. The monoisotopic (exact) mass is 292 g/mol. The second-order valence-electron chi connectivity index (χ2n) is 4.00. The molecule has 0 saturated heterocycles. The molecule has 8 heteroatoms. The summed E-state index contributed by atoms with van der Waals surface area (Å²) in [4.78, 5) is 23.4. The Hall–Kier alpha value is -2.35. The minimum Gasteiger partial charge on any atom is -0.319 e. The maximum Gasteiger partial charge on any atom is 0.282 e.